The van der Waals surface area contributed by atoms with E-state index >= 15 is 0 Å². The Labute approximate surface area is 81.1 Å². The van der Waals surface area contributed by atoms with Crippen LogP contribution < -0.4 is 9.47 Å². The molecule has 0 unspecified atom stereocenters. The van der Waals surface area contributed by atoms with Gasteiger partial charge in [0.05, 0.1) is 6.61 Å². The second kappa shape index (κ2) is 3.57. The lowest BCUT2D eigenvalue weighted by atomic mass is 10.2. The van der Waals surface area contributed by atoms with E-state index in [4.69, 9.17) is 14.6 Å². The molecule has 0 saturated carbocycles. The SMILES string of the molecule is O=C(O)[C@H]1CCOc2ccccc2O1. The predicted octanol–water partition coefficient (Wildman–Crippen LogP) is 1.30. The van der Waals surface area contributed by atoms with Crippen LogP contribution in [0.3, 0.4) is 0 Å². The fourth-order valence-electron chi connectivity index (χ4n) is 1.33. The molecule has 1 aromatic carbocycles. The highest BCUT2D eigenvalue weighted by Crippen LogP contribution is 2.30. The first-order valence-electron chi connectivity index (χ1n) is 4.38. The van der Waals surface area contributed by atoms with Crippen LogP contribution in [0.15, 0.2) is 24.3 Å². The van der Waals surface area contributed by atoms with E-state index in [1.165, 1.54) is 0 Å². The highest BCUT2D eigenvalue weighted by molar-refractivity contribution is 5.73. The molecule has 0 amide bonds. The zero-order valence-electron chi connectivity index (χ0n) is 7.47. The smallest absolute Gasteiger partial charge is 0.345 e. The van der Waals surface area contributed by atoms with Gasteiger partial charge >= 0.3 is 5.97 Å². The summed E-state index contributed by atoms with van der Waals surface area (Å²) in [7, 11) is 0. The molecule has 0 spiro atoms. The standard InChI is InChI=1S/C10H10O4/c11-10(12)9-5-6-13-7-3-1-2-4-8(7)14-9/h1-4,9H,5-6H2,(H,11,12)/t9-/m1/s1. The maximum Gasteiger partial charge on any atom is 0.345 e. The molecule has 1 heterocycles. The monoisotopic (exact) mass is 194 g/mol. The lowest BCUT2D eigenvalue weighted by Gasteiger charge is -2.10. The number of hydrogen-bond donors (Lipinski definition) is 1. The number of rotatable bonds is 1. The van der Waals surface area contributed by atoms with E-state index in [1.807, 2.05) is 6.07 Å². The van der Waals surface area contributed by atoms with Gasteiger partial charge in [-0.25, -0.2) is 4.79 Å². The molecule has 4 nitrogen and oxygen atoms in total. The van der Waals surface area contributed by atoms with Crippen molar-refractivity contribution in [3.63, 3.8) is 0 Å². The molecular weight excluding hydrogens is 184 g/mol. The Morgan fingerprint density at radius 3 is 2.79 bits per heavy atom. The van der Waals surface area contributed by atoms with Crippen molar-refractivity contribution in [2.24, 2.45) is 0 Å². The molecule has 1 aliphatic rings. The Kier molecular flexibility index (Phi) is 2.26. The van der Waals surface area contributed by atoms with Crippen LogP contribution in [-0.2, 0) is 4.79 Å². The van der Waals surface area contributed by atoms with Gasteiger partial charge in [-0.3, -0.25) is 0 Å². The molecule has 1 atom stereocenters. The summed E-state index contributed by atoms with van der Waals surface area (Å²) < 4.78 is 10.6. The average Bonchev–Trinajstić information content (AvgIpc) is 2.39. The van der Waals surface area contributed by atoms with Crippen molar-refractivity contribution >= 4 is 5.97 Å². The van der Waals surface area contributed by atoms with E-state index in [2.05, 4.69) is 0 Å². The van der Waals surface area contributed by atoms with E-state index in [0.29, 0.717) is 24.5 Å². The van der Waals surface area contributed by atoms with Crippen LogP contribution in [0.4, 0.5) is 0 Å². The minimum atomic E-state index is -0.953. The number of para-hydroxylation sites is 2. The first kappa shape index (κ1) is 8.87. The first-order chi connectivity index (χ1) is 6.77. The molecule has 0 fully saturated rings. The van der Waals surface area contributed by atoms with Gasteiger partial charge in [-0.15, -0.1) is 0 Å². The number of carboxylic acids is 1. The van der Waals surface area contributed by atoms with E-state index < -0.39 is 12.1 Å². The van der Waals surface area contributed by atoms with Crippen LogP contribution in [0.5, 0.6) is 11.5 Å². The third-order valence-corrected chi connectivity index (χ3v) is 2.03. The van der Waals surface area contributed by atoms with Crippen molar-refractivity contribution in [1.29, 1.82) is 0 Å². The summed E-state index contributed by atoms with van der Waals surface area (Å²) in [4.78, 5) is 10.7. The van der Waals surface area contributed by atoms with Gasteiger partial charge in [-0.1, -0.05) is 12.1 Å². The predicted molar refractivity (Wildman–Crippen MR) is 48.6 cm³/mol. The van der Waals surface area contributed by atoms with Crippen molar-refractivity contribution in [3.8, 4) is 11.5 Å². The topological polar surface area (TPSA) is 55.8 Å². The molecule has 1 N–H and O–H groups in total. The number of ether oxygens (including phenoxy) is 2. The van der Waals surface area contributed by atoms with Gasteiger partial charge in [0.1, 0.15) is 0 Å². The third-order valence-electron chi connectivity index (χ3n) is 2.03. The molecule has 0 bridgehead atoms. The van der Waals surface area contributed by atoms with Gasteiger partial charge in [0.2, 0.25) is 0 Å². The Hall–Kier alpha value is -1.71. The third kappa shape index (κ3) is 1.64. The van der Waals surface area contributed by atoms with Crippen LogP contribution in [0.25, 0.3) is 0 Å². The average molecular weight is 194 g/mol. The highest BCUT2D eigenvalue weighted by Gasteiger charge is 2.23. The lowest BCUT2D eigenvalue weighted by Crippen LogP contribution is -2.27. The molecule has 1 aromatic rings. The Balaban J connectivity index is 2.26. The van der Waals surface area contributed by atoms with Crippen LogP contribution in [0, 0.1) is 0 Å². The van der Waals surface area contributed by atoms with Crippen molar-refractivity contribution in [3.05, 3.63) is 24.3 Å². The van der Waals surface area contributed by atoms with Crippen molar-refractivity contribution < 1.29 is 19.4 Å². The van der Waals surface area contributed by atoms with Gasteiger partial charge < -0.3 is 14.6 Å². The molecule has 2 rings (SSSR count). The maximum atomic E-state index is 10.7. The van der Waals surface area contributed by atoms with E-state index in [0.717, 1.165) is 0 Å². The zero-order chi connectivity index (χ0) is 9.97. The molecule has 4 heteroatoms. The second-order valence-corrected chi connectivity index (χ2v) is 3.03. The van der Waals surface area contributed by atoms with Crippen molar-refractivity contribution in [2.75, 3.05) is 6.61 Å². The number of carbonyl (C=O) groups is 1. The minimum absolute atomic E-state index is 0.365. The Bertz CT molecular complexity index is 348. The zero-order valence-corrected chi connectivity index (χ0v) is 7.47. The molecule has 14 heavy (non-hydrogen) atoms. The highest BCUT2D eigenvalue weighted by atomic mass is 16.5. The quantitative estimate of drug-likeness (QED) is 0.732. The summed E-state index contributed by atoms with van der Waals surface area (Å²) >= 11 is 0. The summed E-state index contributed by atoms with van der Waals surface area (Å²) in [6.45, 7) is 0.369. The number of aliphatic carboxylic acids is 1. The first-order valence-corrected chi connectivity index (χ1v) is 4.38. The summed E-state index contributed by atoms with van der Waals surface area (Å²) in [5.74, 6) is 0.152. The maximum absolute atomic E-state index is 10.7. The summed E-state index contributed by atoms with van der Waals surface area (Å²) in [5.41, 5.74) is 0. The molecule has 0 saturated heterocycles. The number of hydrogen-bond acceptors (Lipinski definition) is 3. The molecule has 0 radical (unpaired) electrons. The summed E-state index contributed by atoms with van der Waals surface area (Å²) in [5, 5.41) is 8.81. The van der Waals surface area contributed by atoms with Crippen molar-refractivity contribution in [1.82, 2.24) is 0 Å². The van der Waals surface area contributed by atoms with Crippen LogP contribution >= 0.6 is 0 Å². The number of carboxylic acid groups (broad SMARTS) is 1. The summed E-state index contributed by atoms with van der Waals surface area (Å²) in [6, 6.07) is 7.08. The van der Waals surface area contributed by atoms with E-state index in [9.17, 15) is 4.79 Å². The fraction of sp³-hybridized carbons (Fsp3) is 0.300. The molecular formula is C10H10O4. The second-order valence-electron chi connectivity index (χ2n) is 3.03. The van der Waals surface area contributed by atoms with Crippen LogP contribution in [0.1, 0.15) is 6.42 Å². The summed E-state index contributed by atoms with van der Waals surface area (Å²) in [6.07, 6.45) is -0.442. The van der Waals surface area contributed by atoms with Gasteiger partial charge in [-0.2, -0.15) is 0 Å². The minimum Gasteiger partial charge on any atom is -0.490 e. The molecule has 74 valence electrons. The van der Waals surface area contributed by atoms with Gasteiger partial charge in [0, 0.05) is 6.42 Å². The van der Waals surface area contributed by atoms with Gasteiger partial charge in [0.15, 0.2) is 17.6 Å². The normalized spacial score (nSPS) is 19.9. The van der Waals surface area contributed by atoms with Crippen molar-refractivity contribution in [2.45, 2.75) is 12.5 Å². The van der Waals surface area contributed by atoms with E-state index in [1.54, 1.807) is 18.2 Å². The number of benzene rings is 1. The van der Waals surface area contributed by atoms with Gasteiger partial charge in [0.25, 0.3) is 0 Å². The fourth-order valence-corrected chi connectivity index (χ4v) is 1.33. The molecule has 0 aliphatic carbocycles. The lowest BCUT2D eigenvalue weighted by molar-refractivity contribution is -0.145. The van der Waals surface area contributed by atoms with Crippen LogP contribution in [-0.4, -0.2) is 23.8 Å². The van der Waals surface area contributed by atoms with E-state index in [-0.39, 0.29) is 0 Å². The van der Waals surface area contributed by atoms with Crippen LogP contribution in [0.2, 0.25) is 0 Å². The van der Waals surface area contributed by atoms with Gasteiger partial charge in [-0.05, 0) is 12.1 Å². The Morgan fingerprint density at radius 2 is 2.07 bits per heavy atom. The Morgan fingerprint density at radius 1 is 1.36 bits per heavy atom. The molecule has 0 aromatic heterocycles. The molecule has 1 aliphatic heterocycles. The number of fused-ring (bicyclic) bond motifs is 1. The largest absolute Gasteiger partial charge is 0.490 e.